The summed E-state index contributed by atoms with van der Waals surface area (Å²) in [6.07, 6.45) is 1.83. The lowest BCUT2D eigenvalue weighted by Crippen LogP contribution is -2.43. The molecule has 0 radical (unpaired) electrons. The molecular weight excluding hydrogens is 164 g/mol. The summed E-state index contributed by atoms with van der Waals surface area (Å²) in [5.74, 6) is 0. The van der Waals surface area contributed by atoms with E-state index in [1.54, 1.807) is 0 Å². The lowest BCUT2D eigenvalue weighted by Gasteiger charge is -2.28. The fourth-order valence-electron chi connectivity index (χ4n) is 1.81. The van der Waals surface area contributed by atoms with Crippen LogP contribution < -0.4 is 5.73 Å². The van der Waals surface area contributed by atoms with Crippen LogP contribution >= 0.6 is 0 Å². The average Bonchev–Trinajstić information content (AvgIpc) is 2.29. The van der Waals surface area contributed by atoms with Crippen LogP contribution in [0.5, 0.6) is 0 Å². The lowest BCUT2D eigenvalue weighted by atomic mass is 10.0. The van der Waals surface area contributed by atoms with Crippen molar-refractivity contribution in [2.45, 2.75) is 44.8 Å². The smallest absolute Gasteiger partial charge is 0.0743 e. The molecule has 0 aliphatic carbocycles. The van der Waals surface area contributed by atoms with Crippen LogP contribution in [0.2, 0.25) is 0 Å². The third kappa shape index (κ3) is 3.25. The molecule has 1 heterocycles. The fourth-order valence-corrected chi connectivity index (χ4v) is 1.81. The Labute approximate surface area is 80.9 Å². The third-order valence-corrected chi connectivity index (χ3v) is 2.91. The second-order valence-electron chi connectivity index (χ2n) is 4.97. The predicted octanol–water partition coefficient (Wildman–Crippen LogP) is 0.570. The van der Waals surface area contributed by atoms with Crippen molar-refractivity contribution in [2.24, 2.45) is 5.73 Å². The van der Waals surface area contributed by atoms with Gasteiger partial charge in [-0.15, -0.1) is 0 Å². The van der Waals surface area contributed by atoms with Crippen molar-refractivity contribution in [2.75, 3.05) is 19.6 Å². The minimum Gasteiger partial charge on any atom is -0.389 e. The maximum Gasteiger partial charge on any atom is 0.0743 e. The molecular formula is C10H22N2O. The summed E-state index contributed by atoms with van der Waals surface area (Å²) in [5.41, 5.74) is 5.40. The van der Waals surface area contributed by atoms with Gasteiger partial charge in [0, 0.05) is 25.2 Å². The van der Waals surface area contributed by atoms with Crippen molar-refractivity contribution < 1.29 is 5.11 Å². The Balaban J connectivity index is 2.40. The molecule has 0 aromatic heterocycles. The van der Waals surface area contributed by atoms with Crippen LogP contribution in [0.3, 0.4) is 0 Å². The zero-order chi connectivity index (χ0) is 10.1. The molecule has 1 fully saturated rings. The summed E-state index contributed by atoms with van der Waals surface area (Å²) in [6.45, 7) is 8.65. The minimum absolute atomic E-state index is 0.0518. The van der Waals surface area contributed by atoms with Gasteiger partial charge in [0.1, 0.15) is 0 Å². The van der Waals surface area contributed by atoms with Crippen molar-refractivity contribution in [1.29, 1.82) is 0 Å². The van der Waals surface area contributed by atoms with Gasteiger partial charge < -0.3 is 10.8 Å². The highest BCUT2D eigenvalue weighted by Gasteiger charge is 2.32. The van der Waals surface area contributed by atoms with Crippen LogP contribution in [0, 0.1) is 0 Å². The molecule has 1 rings (SSSR count). The van der Waals surface area contributed by atoms with E-state index >= 15 is 0 Å². The second-order valence-corrected chi connectivity index (χ2v) is 4.97. The fraction of sp³-hybridized carbons (Fsp3) is 1.00. The third-order valence-electron chi connectivity index (χ3n) is 2.91. The van der Waals surface area contributed by atoms with Gasteiger partial charge in [-0.1, -0.05) is 6.92 Å². The van der Waals surface area contributed by atoms with Crippen LogP contribution in [0.25, 0.3) is 0 Å². The van der Waals surface area contributed by atoms with Gasteiger partial charge in [0.25, 0.3) is 0 Å². The highest BCUT2D eigenvalue weighted by molar-refractivity contribution is 4.92. The molecule has 3 nitrogen and oxygen atoms in total. The maximum atomic E-state index is 9.87. The van der Waals surface area contributed by atoms with Gasteiger partial charge in [0.05, 0.1) is 5.60 Å². The summed E-state index contributed by atoms with van der Waals surface area (Å²) in [5, 5.41) is 9.87. The number of nitrogens with zero attached hydrogens (tertiary/aromatic N) is 1. The van der Waals surface area contributed by atoms with E-state index in [0.29, 0.717) is 0 Å². The van der Waals surface area contributed by atoms with Gasteiger partial charge in [-0.25, -0.2) is 0 Å². The first-order chi connectivity index (χ1) is 5.85. The molecule has 1 saturated heterocycles. The van der Waals surface area contributed by atoms with Crippen LogP contribution in [-0.4, -0.2) is 40.8 Å². The second kappa shape index (κ2) is 3.56. The van der Waals surface area contributed by atoms with Crippen molar-refractivity contribution in [3.63, 3.8) is 0 Å². The van der Waals surface area contributed by atoms with Crippen molar-refractivity contribution in [3.8, 4) is 0 Å². The molecule has 78 valence electrons. The molecule has 1 aliphatic rings. The van der Waals surface area contributed by atoms with E-state index in [1.807, 2.05) is 13.8 Å². The molecule has 0 bridgehead atoms. The van der Waals surface area contributed by atoms with Gasteiger partial charge in [0.2, 0.25) is 0 Å². The topological polar surface area (TPSA) is 49.5 Å². The highest BCUT2D eigenvalue weighted by Crippen LogP contribution is 2.21. The van der Waals surface area contributed by atoms with Gasteiger partial charge in [-0.3, -0.25) is 4.90 Å². The number of rotatable bonds is 3. The quantitative estimate of drug-likeness (QED) is 0.677. The van der Waals surface area contributed by atoms with Crippen LogP contribution in [0.15, 0.2) is 0 Å². The summed E-state index contributed by atoms with van der Waals surface area (Å²) < 4.78 is 0. The number of nitrogens with two attached hydrogens (primary N) is 1. The maximum absolute atomic E-state index is 9.87. The Morgan fingerprint density at radius 2 is 2.23 bits per heavy atom. The molecule has 0 amide bonds. The molecule has 2 atom stereocenters. The van der Waals surface area contributed by atoms with Crippen LogP contribution in [0.4, 0.5) is 0 Å². The number of aliphatic hydroxyl groups is 1. The Morgan fingerprint density at radius 1 is 1.62 bits per heavy atom. The Morgan fingerprint density at radius 3 is 2.62 bits per heavy atom. The Hall–Kier alpha value is -0.120. The van der Waals surface area contributed by atoms with E-state index in [1.165, 1.54) is 0 Å². The van der Waals surface area contributed by atoms with Crippen molar-refractivity contribution >= 4 is 0 Å². The number of β-amino-alcohol motifs (C(OH)–C–C–N with tert-alkyl or cyclic N) is 1. The summed E-state index contributed by atoms with van der Waals surface area (Å²) >= 11 is 0. The highest BCUT2D eigenvalue weighted by atomic mass is 16.3. The summed E-state index contributed by atoms with van der Waals surface area (Å²) in [4.78, 5) is 2.25. The average molecular weight is 186 g/mol. The number of likely N-dealkylation sites (tertiary alicyclic amines) is 1. The monoisotopic (exact) mass is 186 g/mol. The summed E-state index contributed by atoms with van der Waals surface area (Å²) in [6, 6.07) is 0. The van der Waals surface area contributed by atoms with Crippen LogP contribution in [-0.2, 0) is 0 Å². The molecule has 0 saturated carbocycles. The molecule has 1 aliphatic heterocycles. The van der Waals surface area contributed by atoms with Crippen LogP contribution in [0.1, 0.15) is 33.6 Å². The number of hydrogen-bond acceptors (Lipinski definition) is 3. The van der Waals surface area contributed by atoms with Gasteiger partial charge >= 0.3 is 0 Å². The normalized spacial score (nSPS) is 34.8. The first-order valence-corrected chi connectivity index (χ1v) is 5.08. The van der Waals surface area contributed by atoms with E-state index in [0.717, 1.165) is 32.5 Å². The number of hydrogen-bond donors (Lipinski definition) is 2. The van der Waals surface area contributed by atoms with Gasteiger partial charge in [-0.2, -0.15) is 0 Å². The molecule has 3 heteroatoms. The molecule has 13 heavy (non-hydrogen) atoms. The van der Waals surface area contributed by atoms with Gasteiger partial charge in [0.15, 0.2) is 0 Å². The lowest BCUT2D eigenvalue weighted by molar-refractivity contribution is 0.0219. The zero-order valence-electron chi connectivity index (χ0n) is 9.01. The van der Waals surface area contributed by atoms with E-state index in [-0.39, 0.29) is 5.54 Å². The van der Waals surface area contributed by atoms with Crippen molar-refractivity contribution in [3.05, 3.63) is 0 Å². The van der Waals surface area contributed by atoms with Crippen molar-refractivity contribution in [1.82, 2.24) is 4.90 Å². The van der Waals surface area contributed by atoms with Gasteiger partial charge in [-0.05, 0) is 26.7 Å². The zero-order valence-corrected chi connectivity index (χ0v) is 9.01. The molecule has 0 spiro atoms. The molecule has 0 aromatic carbocycles. The van der Waals surface area contributed by atoms with E-state index in [4.69, 9.17) is 5.73 Å². The molecule has 2 unspecified atom stereocenters. The molecule has 0 aromatic rings. The standard InChI is InChI=1S/C10H22N2O/c1-4-10(3,13)8-12-6-5-9(2,11)7-12/h13H,4-8,11H2,1-3H3. The SMILES string of the molecule is CCC(C)(O)CN1CCC(C)(N)C1. The first kappa shape index (κ1) is 11.0. The Bertz CT molecular complexity index is 178. The van der Waals surface area contributed by atoms with E-state index in [9.17, 15) is 5.11 Å². The van der Waals surface area contributed by atoms with E-state index in [2.05, 4.69) is 11.8 Å². The predicted molar refractivity (Wildman–Crippen MR) is 54.6 cm³/mol. The van der Waals surface area contributed by atoms with E-state index < -0.39 is 5.60 Å². The minimum atomic E-state index is -0.555. The largest absolute Gasteiger partial charge is 0.389 e. The Kier molecular flexibility index (Phi) is 3.00. The molecule has 3 N–H and O–H groups in total. The summed E-state index contributed by atoms with van der Waals surface area (Å²) in [7, 11) is 0. The first-order valence-electron chi connectivity index (χ1n) is 5.08.